The molecule has 4 atom stereocenters. The van der Waals surface area contributed by atoms with Gasteiger partial charge in [0.2, 0.25) is 5.91 Å². The standard InChI is InChI=1S/C22H23FN4O4/c1-12(28)25-8-15-9-27(21(29)31-15)14-3-4-16(19(23)6-14)13-2-5-20(26-7-13)22(24)17-10-30-11-18(17)22/h2-7,15,17-18H,8-11,24H2,1H3,(H,25,28)/t15-,17-,18+,22?/m0/s1. The van der Waals surface area contributed by atoms with Crippen molar-refractivity contribution in [2.24, 2.45) is 17.6 Å². The highest BCUT2D eigenvalue weighted by Gasteiger charge is 2.66. The van der Waals surface area contributed by atoms with Gasteiger partial charge in [-0.1, -0.05) is 6.07 Å². The fraction of sp³-hybridized carbons (Fsp3) is 0.409. The second-order valence-corrected chi connectivity index (χ2v) is 8.33. The molecule has 31 heavy (non-hydrogen) atoms. The largest absolute Gasteiger partial charge is 0.442 e. The summed E-state index contributed by atoms with van der Waals surface area (Å²) in [6.45, 7) is 3.16. The first kappa shape index (κ1) is 19.9. The van der Waals surface area contributed by atoms with E-state index in [2.05, 4.69) is 10.3 Å². The summed E-state index contributed by atoms with van der Waals surface area (Å²) in [7, 11) is 0. The van der Waals surface area contributed by atoms with Crippen LogP contribution in [0.5, 0.6) is 0 Å². The summed E-state index contributed by atoms with van der Waals surface area (Å²) in [5.74, 6) is -0.0688. The number of ether oxygens (including phenoxy) is 2. The van der Waals surface area contributed by atoms with Crippen molar-refractivity contribution in [3.8, 4) is 11.1 Å². The molecule has 2 saturated heterocycles. The minimum atomic E-state index is -0.569. The molecule has 1 saturated carbocycles. The first-order valence-corrected chi connectivity index (χ1v) is 10.2. The Hall–Kier alpha value is -3.04. The zero-order valence-electron chi connectivity index (χ0n) is 17.0. The molecule has 0 bridgehead atoms. The van der Waals surface area contributed by atoms with Crippen LogP contribution in [-0.4, -0.2) is 49.4 Å². The molecule has 1 unspecified atom stereocenters. The van der Waals surface area contributed by atoms with Gasteiger partial charge in [-0.25, -0.2) is 9.18 Å². The predicted molar refractivity (Wildman–Crippen MR) is 110 cm³/mol. The molecule has 0 spiro atoms. The van der Waals surface area contributed by atoms with E-state index in [4.69, 9.17) is 15.2 Å². The molecule has 162 valence electrons. The molecular formula is C22H23FN4O4. The van der Waals surface area contributed by atoms with Crippen molar-refractivity contribution in [3.63, 3.8) is 0 Å². The van der Waals surface area contributed by atoms with Crippen LogP contribution in [0.15, 0.2) is 36.5 Å². The quantitative estimate of drug-likeness (QED) is 0.755. The third kappa shape index (κ3) is 3.34. The Morgan fingerprint density at radius 2 is 2.10 bits per heavy atom. The van der Waals surface area contributed by atoms with Crippen molar-refractivity contribution in [1.82, 2.24) is 10.3 Å². The number of amides is 2. The third-order valence-corrected chi connectivity index (χ3v) is 6.43. The molecule has 3 N–H and O–H groups in total. The van der Waals surface area contributed by atoms with E-state index in [0.29, 0.717) is 41.9 Å². The lowest BCUT2D eigenvalue weighted by Gasteiger charge is -2.16. The lowest BCUT2D eigenvalue weighted by Crippen LogP contribution is -2.33. The molecule has 2 amide bonds. The van der Waals surface area contributed by atoms with Gasteiger partial charge in [-0.15, -0.1) is 0 Å². The molecule has 0 radical (unpaired) electrons. The molecule has 3 aliphatic rings. The number of halogens is 1. The van der Waals surface area contributed by atoms with E-state index in [1.807, 2.05) is 12.1 Å². The highest BCUT2D eigenvalue weighted by atomic mass is 19.1. The van der Waals surface area contributed by atoms with E-state index < -0.39 is 23.6 Å². The Bertz CT molecular complexity index is 1030. The monoisotopic (exact) mass is 426 g/mol. The Morgan fingerprint density at radius 1 is 1.32 bits per heavy atom. The summed E-state index contributed by atoms with van der Waals surface area (Å²) in [6, 6.07) is 8.26. The van der Waals surface area contributed by atoms with Crippen LogP contribution in [0.2, 0.25) is 0 Å². The number of nitrogens with two attached hydrogens (primary N) is 1. The van der Waals surface area contributed by atoms with Gasteiger partial charge in [0.1, 0.15) is 11.9 Å². The minimum Gasteiger partial charge on any atom is -0.442 e. The third-order valence-electron chi connectivity index (χ3n) is 6.43. The molecule has 3 fully saturated rings. The average Bonchev–Trinajstić information content (AvgIpc) is 3.13. The van der Waals surface area contributed by atoms with E-state index in [9.17, 15) is 14.0 Å². The van der Waals surface area contributed by atoms with E-state index in [1.54, 1.807) is 18.3 Å². The number of carbonyl (C=O) groups is 2. The number of carbonyl (C=O) groups excluding carboxylic acids is 2. The molecule has 3 heterocycles. The fourth-order valence-corrected chi connectivity index (χ4v) is 4.58. The number of aromatic nitrogens is 1. The van der Waals surface area contributed by atoms with Gasteiger partial charge in [0.25, 0.3) is 0 Å². The Balaban J connectivity index is 1.31. The van der Waals surface area contributed by atoms with E-state index in [0.717, 1.165) is 5.69 Å². The maximum Gasteiger partial charge on any atom is 0.414 e. The molecule has 9 heteroatoms. The van der Waals surface area contributed by atoms with Crippen LogP contribution in [0.3, 0.4) is 0 Å². The van der Waals surface area contributed by atoms with Gasteiger partial charge in [0.05, 0.1) is 43.2 Å². The summed E-state index contributed by atoms with van der Waals surface area (Å²) in [5.41, 5.74) is 8.27. The smallest absolute Gasteiger partial charge is 0.414 e. The first-order valence-electron chi connectivity index (χ1n) is 10.2. The van der Waals surface area contributed by atoms with Crippen molar-refractivity contribution in [3.05, 3.63) is 48.0 Å². The van der Waals surface area contributed by atoms with Crippen LogP contribution < -0.4 is 16.0 Å². The molecule has 1 aliphatic carbocycles. The Morgan fingerprint density at radius 3 is 2.74 bits per heavy atom. The second-order valence-electron chi connectivity index (χ2n) is 8.33. The number of benzene rings is 1. The number of nitrogens with zero attached hydrogens (tertiary/aromatic N) is 2. The van der Waals surface area contributed by atoms with Crippen LogP contribution in [0.25, 0.3) is 11.1 Å². The van der Waals surface area contributed by atoms with Crippen molar-refractivity contribution >= 4 is 17.7 Å². The Kier molecular flexibility index (Phi) is 4.67. The molecule has 2 aliphatic heterocycles. The van der Waals surface area contributed by atoms with Crippen molar-refractivity contribution in [2.75, 3.05) is 31.2 Å². The van der Waals surface area contributed by atoms with E-state index >= 15 is 0 Å². The minimum absolute atomic E-state index is 0.205. The SMILES string of the molecule is CC(=O)NC[C@H]1CN(c2ccc(-c3ccc(C4(N)[C@@H]5COC[C@@H]54)nc3)c(F)c2)C(=O)O1. The van der Waals surface area contributed by atoms with Gasteiger partial charge in [-0.05, 0) is 24.3 Å². The molecule has 2 aromatic rings. The maximum absolute atomic E-state index is 14.9. The average molecular weight is 426 g/mol. The number of hydrogen-bond donors (Lipinski definition) is 2. The maximum atomic E-state index is 14.9. The van der Waals surface area contributed by atoms with E-state index in [1.165, 1.54) is 17.9 Å². The zero-order chi connectivity index (χ0) is 21.8. The zero-order valence-corrected chi connectivity index (χ0v) is 17.0. The van der Waals surface area contributed by atoms with Crippen molar-refractivity contribution in [2.45, 2.75) is 18.6 Å². The van der Waals surface area contributed by atoms with Crippen molar-refractivity contribution in [1.29, 1.82) is 0 Å². The number of anilines is 1. The summed E-state index contributed by atoms with van der Waals surface area (Å²) in [4.78, 5) is 29.1. The van der Waals surface area contributed by atoms with Crippen LogP contribution in [0.4, 0.5) is 14.9 Å². The summed E-state index contributed by atoms with van der Waals surface area (Å²) in [5, 5.41) is 2.61. The highest BCUT2D eigenvalue weighted by Crippen LogP contribution is 2.58. The number of pyridine rings is 1. The molecule has 1 aromatic heterocycles. The normalized spacial score (nSPS) is 28.9. The van der Waals surface area contributed by atoms with Gasteiger partial charge in [0.15, 0.2) is 0 Å². The highest BCUT2D eigenvalue weighted by molar-refractivity contribution is 5.90. The van der Waals surface area contributed by atoms with Gasteiger partial charge in [-0.2, -0.15) is 0 Å². The topological polar surface area (TPSA) is 107 Å². The number of hydrogen-bond acceptors (Lipinski definition) is 6. The molecule has 5 rings (SSSR count). The van der Waals surface area contributed by atoms with Gasteiger partial charge in [-0.3, -0.25) is 14.7 Å². The second kappa shape index (κ2) is 7.28. The number of nitrogens with one attached hydrogen (secondary N) is 1. The lowest BCUT2D eigenvalue weighted by atomic mass is 10.0. The van der Waals surface area contributed by atoms with Crippen LogP contribution in [0, 0.1) is 17.7 Å². The molecule has 1 aromatic carbocycles. The number of rotatable bonds is 5. The van der Waals surface area contributed by atoms with Gasteiger partial charge in [0, 0.05) is 36.1 Å². The van der Waals surface area contributed by atoms with E-state index in [-0.39, 0.29) is 19.0 Å². The Labute approximate surface area is 178 Å². The molecular weight excluding hydrogens is 403 g/mol. The van der Waals surface area contributed by atoms with Crippen LogP contribution in [0.1, 0.15) is 12.6 Å². The summed E-state index contributed by atoms with van der Waals surface area (Å²) < 4.78 is 25.5. The summed E-state index contributed by atoms with van der Waals surface area (Å²) >= 11 is 0. The summed E-state index contributed by atoms with van der Waals surface area (Å²) in [6.07, 6.45) is 0.581. The van der Waals surface area contributed by atoms with Crippen molar-refractivity contribution < 1.29 is 23.5 Å². The number of fused-ring (bicyclic) bond motifs is 1. The van der Waals surface area contributed by atoms with Gasteiger partial charge < -0.3 is 20.5 Å². The van der Waals surface area contributed by atoms with Gasteiger partial charge >= 0.3 is 6.09 Å². The predicted octanol–water partition coefficient (Wildman–Crippen LogP) is 1.78. The fourth-order valence-electron chi connectivity index (χ4n) is 4.58. The number of cyclic esters (lactones) is 1. The molecule has 8 nitrogen and oxygen atoms in total. The van der Waals surface area contributed by atoms with Crippen LogP contribution in [-0.2, 0) is 19.8 Å². The lowest BCUT2D eigenvalue weighted by molar-refractivity contribution is -0.119. The van der Waals surface area contributed by atoms with Crippen LogP contribution >= 0.6 is 0 Å². The first-order chi connectivity index (χ1) is 14.9.